The highest BCUT2D eigenvalue weighted by molar-refractivity contribution is 7.92. The Morgan fingerprint density at radius 3 is 2.34 bits per heavy atom. The maximum Gasteiger partial charge on any atom is 0.411 e. The maximum absolute atomic E-state index is 12.8. The molecule has 0 radical (unpaired) electrons. The quantitative estimate of drug-likeness (QED) is 0.734. The van der Waals surface area contributed by atoms with Crippen molar-refractivity contribution >= 4 is 33.2 Å². The predicted molar refractivity (Wildman–Crippen MR) is 111 cm³/mol. The van der Waals surface area contributed by atoms with Gasteiger partial charge >= 0.3 is 6.09 Å². The first-order valence-corrected chi connectivity index (χ1v) is 11.1. The first-order valence-electron chi connectivity index (χ1n) is 9.59. The molecule has 0 aromatic heterocycles. The first kappa shape index (κ1) is 20.9. The number of benzene rings is 2. The molecule has 8 heteroatoms. The fraction of sp³-hybridized carbons (Fsp3) is 0.333. The molecule has 0 atom stereocenters. The summed E-state index contributed by atoms with van der Waals surface area (Å²) in [6, 6.07) is 12.7. The summed E-state index contributed by atoms with van der Waals surface area (Å²) >= 11 is 0. The van der Waals surface area contributed by atoms with Crippen LogP contribution in [-0.2, 0) is 14.6 Å². The van der Waals surface area contributed by atoms with Crippen LogP contribution in [0.15, 0.2) is 53.4 Å². The largest absolute Gasteiger partial charge is 0.450 e. The second-order valence-corrected chi connectivity index (χ2v) is 9.08. The second kappa shape index (κ2) is 9.09. The van der Waals surface area contributed by atoms with Crippen LogP contribution in [0.4, 0.5) is 16.2 Å². The van der Waals surface area contributed by atoms with Crippen LogP contribution in [-0.4, -0.2) is 32.3 Å². The van der Waals surface area contributed by atoms with Crippen LogP contribution < -0.4 is 10.6 Å². The minimum absolute atomic E-state index is 0.233. The molecule has 1 saturated carbocycles. The highest BCUT2D eigenvalue weighted by atomic mass is 32.2. The van der Waals surface area contributed by atoms with E-state index < -0.39 is 15.9 Å². The molecule has 0 heterocycles. The van der Waals surface area contributed by atoms with E-state index in [0.29, 0.717) is 29.8 Å². The number of amides is 2. The number of anilines is 2. The number of rotatable bonds is 6. The molecular formula is C21H24N2O5S. The second-order valence-electron chi connectivity index (χ2n) is 6.86. The first-order chi connectivity index (χ1) is 13.9. The van der Waals surface area contributed by atoms with E-state index >= 15 is 0 Å². The summed E-state index contributed by atoms with van der Waals surface area (Å²) in [5.41, 5.74) is 1.30. The fourth-order valence-electron chi connectivity index (χ4n) is 3.34. The Labute approximate surface area is 170 Å². The summed E-state index contributed by atoms with van der Waals surface area (Å²) in [5.74, 6) is -0.372. The average Bonchev–Trinajstić information content (AvgIpc) is 3.24. The summed E-state index contributed by atoms with van der Waals surface area (Å²) in [7, 11) is -3.39. The van der Waals surface area contributed by atoms with Gasteiger partial charge in [0.25, 0.3) is 5.91 Å². The number of nitrogens with one attached hydrogen (secondary N) is 2. The van der Waals surface area contributed by atoms with Crippen molar-refractivity contribution in [1.29, 1.82) is 0 Å². The molecule has 7 nitrogen and oxygen atoms in total. The van der Waals surface area contributed by atoms with Gasteiger partial charge in [-0.2, -0.15) is 0 Å². The fourth-order valence-corrected chi connectivity index (χ4v) is 5.23. The smallest absolute Gasteiger partial charge is 0.411 e. The zero-order chi connectivity index (χ0) is 20.9. The topological polar surface area (TPSA) is 102 Å². The Bertz CT molecular complexity index is 980. The number of carbonyl (C=O) groups excluding carboxylic acids is 2. The van der Waals surface area contributed by atoms with E-state index in [-0.39, 0.29) is 22.7 Å². The summed E-state index contributed by atoms with van der Waals surface area (Å²) in [6.07, 6.45) is 2.67. The van der Waals surface area contributed by atoms with E-state index in [2.05, 4.69) is 10.6 Å². The van der Waals surface area contributed by atoms with Crippen molar-refractivity contribution in [3.63, 3.8) is 0 Å². The summed E-state index contributed by atoms with van der Waals surface area (Å²) in [5, 5.41) is 4.94. The van der Waals surface area contributed by atoms with E-state index in [0.717, 1.165) is 12.8 Å². The van der Waals surface area contributed by atoms with E-state index in [1.807, 2.05) is 0 Å². The lowest BCUT2D eigenvalue weighted by atomic mass is 10.2. The lowest BCUT2D eigenvalue weighted by molar-refractivity contribution is 0.102. The van der Waals surface area contributed by atoms with Gasteiger partial charge in [0.05, 0.1) is 16.8 Å². The Kier molecular flexibility index (Phi) is 6.53. The average molecular weight is 416 g/mol. The molecule has 3 rings (SSSR count). The molecule has 1 aliphatic rings. The zero-order valence-corrected chi connectivity index (χ0v) is 17.0. The van der Waals surface area contributed by atoms with E-state index in [9.17, 15) is 18.0 Å². The lowest BCUT2D eigenvalue weighted by Gasteiger charge is -2.13. The summed E-state index contributed by atoms with van der Waals surface area (Å²) in [4.78, 5) is 24.1. The number of hydrogen-bond acceptors (Lipinski definition) is 5. The van der Waals surface area contributed by atoms with Crippen LogP contribution in [0.1, 0.15) is 43.0 Å². The molecule has 2 N–H and O–H groups in total. The van der Waals surface area contributed by atoms with Crippen molar-refractivity contribution in [3.8, 4) is 0 Å². The molecule has 0 unspecified atom stereocenters. The molecule has 1 fully saturated rings. The van der Waals surface area contributed by atoms with Crippen molar-refractivity contribution in [2.24, 2.45) is 0 Å². The van der Waals surface area contributed by atoms with E-state index in [1.165, 1.54) is 6.07 Å². The Morgan fingerprint density at radius 1 is 1.00 bits per heavy atom. The molecule has 0 bridgehead atoms. The third-order valence-corrected chi connectivity index (χ3v) is 7.09. The van der Waals surface area contributed by atoms with Gasteiger partial charge < -0.3 is 10.1 Å². The number of carbonyl (C=O) groups is 2. The molecule has 1 aliphatic carbocycles. The summed E-state index contributed by atoms with van der Waals surface area (Å²) < 4.78 is 30.3. The van der Waals surface area contributed by atoms with Gasteiger partial charge in [-0.15, -0.1) is 0 Å². The van der Waals surface area contributed by atoms with Gasteiger partial charge in [-0.25, -0.2) is 13.2 Å². The molecule has 0 spiro atoms. The minimum atomic E-state index is -3.39. The van der Waals surface area contributed by atoms with Crippen LogP contribution in [0, 0.1) is 0 Å². The number of ether oxygens (including phenoxy) is 1. The van der Waals surface area contributed by atoms with Crippen LogP contribution >= 0.6 is 0 Å². The standard InChI is InChI=1S/C21H24N2O5S/c1-2-28-21(25)23-16-12-10-15(11-13-16)20(24)22-17-6-5-9-19(14-17)29(26,27)18-7-3-4-8-18/h5-6,9-14,18H,2-4,7-8H2,1H3,(H,22,24)(H,23,25). The Hall–Kier alpha value is -2.87. The van der Waals surface area contributed by atoms with Crippen LogP contribution in [0.3, 0.4) is 0 Å². The lowest BCUT2D eigenvalue weighted by Crippen LogP contribution is -2.18. The molecule has 0 aliphatic heterocycles. The maximum atomic E-state index is 12.8. The van der Waals surface area contributed by atoms with Crippen molar-refractivity contribution in [2.75, 3.05) is 17.2 Å². The third kappa shape index (κ3) is 5.14. The zero-order valence-electron chi connectivity index (χ0n) is 16.2. The van der Waals surface area contributed by atoms with Crippen LogP contribution in [0.25, 0.3) is 0 Å². The minimum Gasteiger partial charge on any atom is -0.450 e. The molecule has 0 saturated heterocycles. The SMILES string of the molecule is CCOC(=O)Nc1ccc(C(=O)Nc2cccc(S(=O)(=O)C3CCCC3)c2)cc1. The van der Waals surface area contributed by atoms with Gasteiger partial charge in [-0.3, -0.25) is 10.1 Å². The van der Waals surface area contributed by atoms with Crippen molar-refractivity contribution in [2.45, 2.75) is 42.8 Å². The van der Waals surface area contributed by atoms with Gasteiger partial charge in [0.15, 0.2) is 9.84 Å². The number of sulfone groups is 1. The predicted octanol–water partition coefficient (Wildman–Crippen LogP) is 4.22. The van der Waals surface area contributed by atoms with Crippen molar-refractivity contribution < 1.29 is 22.7 Å². The highest BCUT2D eigenvalue weighted by Gasteiger charge is 2.30. The molecule has 2 aromatic rings. The molecule has 2 amide bonds. The Morgan fingerprint density at radius 2 is 1.69 bits per heavy atom. The normalized spacial score (nSPS) is 14.4. The van der Waals surface area contributed by atoms with E-state index in [4.69, 9.17) is 4.74 Å². The molecule has 29 heavy (non-hydrogen) atoms. The summed E-state index contributed by atoms with van der Waals surface area (Å²) in [6.45, 7) is 1.98. The highest BCUT2D eigenvalue weighted by Crippen LogP contribution is 2.30. The van der Waals surface area contributed by atoms with Gasteiger partial charge in [-0.1, -0.05) is 18.9 Å². The van der Waals surface area contributed by atoms with Crippen molar-refractivity contribution in [3.05, 3.63) is 54.1 Å². The van der Waals surface area contributed by atoms with E-state index in [1.54, 1.807) is 49.4 Å². The molecule has 154 valence electrons. The van der Waals surface area contributed by atoms with Gasteiger partial charge in [0, 0.05) is 16.9 Å². The molecular weight excluding hydrogens is 392 g/mol. The van der Waals surface area contributed by atoms with Gasteiger partial charge in [0.1, 0.15) is 0 Å². The van der Waals surface area contributed by atoms with Gasteiger partial charge in [-0.05, 0) is 62.2 Å². The van der Waals surface area contributed by atoms with Crippen LogP contribution in [0.2, 0.25) is 0 Å². The molecule has 2 aromatic carbocycles. The Balaban J connectivity index is 1.68. The number of hydrogen-bond donors (Lipinski definition) is 2. The monoisotopic (exact) mass is 416 g/mol. The van der Waals surface area contributed by atoms with Crippen LogP contribution in [0.5, 0.6) is 0 Å². The van der Waals surface area contributed by atoms with Gasteiger partial charge in [0.2, 0.25) is 0 Å². The third-order valence-electron chi connectivity index (χ3n) is 4.83. The van der Waals surface area contributed by atoms with Crippen molar-refractivity contribution in [1.82, 2.24) is 0 Å².